The molecule has 1 amide bonds. The molecule has 0 aliphatic carbocycles. The molecule has 120 valence electrons. The largest absolute Gasteiger partial charge is 0.383 e. The topological polar surface area (TPSA) is 64.4 Å². The number of nitrogens with one attached hydrogen (secondary N) is 1. The van der Waals surface area contributed by atoms with Gasteiger partial charge in [-0.1, -0.05) is 58.3 Å². The van der Waals surface area contributed by atoms with Gasteiger partial charge in [0, 0.05) is 20.1 Å². The van der Waals surface area contributed by atoms with Gasteiger partial charge in [0.25, 0.3) is 0 Å². The lowest BCUT2D eigenvalue weighted by atomic mass is 10.1. The third kappa shape index (κ3) is 12.4. The summed E-state index contributed by atoms with van der Waals surface area (Å²) in [5.41, 5.74) is 5.56. The van der Waals surface area contributed by atoms with Crippen molar-refractivity contribution >= 4 is 5.91 Å². The van der Waals surface area contributed by atoms with Gasteiger partial charge in [0.15, 0.2) is 0 Å². The Hall–Kier alpha value is -0.610. The second-order valence-electron chi connectivity index (χ2n) is 5.53. The number of ether oxygens (including phenoxy) is 1. The molecular weight excluding hydrogens is 252 g/mol. The van der Waals surface area contributed by atoms with E-state index in [1.165, 1.54) is 44.9 Å². The van der Waals surface area contributed by atoms with Crippen LogP contribution in [-0.2, 0) is 9.53 Å². The first-order chi connectivity index (χ1) is 9.74. The van der Waals surface area contributed by atoms with E-state index in [0.717, 1.165) is 12.8 Å². The molecule has 0 aromatic rings. The molecule has 0 saturated carbocycles. The van der Waals surface area contributed by atoms with Gasteiger partial charge in [0.1, 0.15) is 0 Å². The number of amides is 1. The van der Waals surface area contributed by atoms with Crippen LogP contribution >= 0.6 is 0 Å². The van der Waals surface area contributed by atoms with Crippen molar-refractivity contribution in [2.75, 3.05) is 20.3 Å². The van der Waals surface area contributed by atoms with E-state index in [0.29, 0.717) is 19.6 Å². The molecule has 3 N–H and O–H groups in total. The van der Waals surface area contributed by atoms with Gasteiger partial charge in [0.05, 0.1) is 12.6 Å². The van der Waals surface area contributed by atoms with Crippen molar-refractivity contribution in [3.63, 3.8) is 0 Å². The molecule has 0 aromatic carbocycles. The summed E-state index contributed by atoms with van der Waals surface area (Å²) in [7, 11) is 1.62. The molecule has 1 unspecified atom stereocenters. The summed E-state index contributed by atoms with van der Waals surface area (Å²) in [6.07, 6.45) is 12.0. The Labute approximate surface area is 124 Å². The van der Waals surface area contributed by atoms with E-state index >= 15 is 0 Å². The molecule has 0 heterocycles. The molecule has 4 nitrogen and oxygen atoms in total. The van der Waals surface area contributed by atoms with Crippen LogP contribution in [0.15, 0.2) is 0 Å². The average molecular weight is 286 g/mol. The zero-order valence-electron chi connectivity index (χ0n) is 13.5. The zero-order valence-corrected chi connectivity index (χ0v) is 13.5. The van der Waals surface area contributed by atoms with Gasteiger partial charge in [-0.2, -0.15) is 0 Å². The molecular formula is C16H34N2O2. The minimum absolute atomic E-state index is 0.0499. The fourth-order valence-electron chi connectivity index (χ4n) is 2.27. The van der Waals surface area contributed by atoms with Gasteiger partial charge in [-0.25, -0.2) is 0 Å². The molecule has 0 aliphatic rings. The fraction of sp³-hybridized carbons (Fsp3) is 0.938. The number of rotatable bonds is 14. The van der Waals surface area contributed by atoms with Crippen LogP contribution in [0.2, 0.25) is 0 Å². The Morgan fingerprint density at radius 1 is 1.05 bits per heavy atom. The van der Waals surface area contributed by atoms with E-state index in [9.17, 15) is 4.79 Å². The molecule has 0 fully saturated rings. The Morgan fingerprint density at radius 3 is 2.10 bits per heavy atom. The van der Waals surface area contributed by atoms with Crippen molar-refractivity contribution in [1.82, 2.24) is 5.32 Å². The van der Waals surface area contributed by atoms with Gasteiger partial charge in [0.2, 0.25) is 5.91 Å². The van der Waals surface area contributed by atoms with Crippen molar-refractivity contribution in [3.8, 4) is 0 Å². The number of unbranched alkanes of at least 4 members (excludes halogenated alkanes) is 8. The van der Waals surface area contributed by atoms with E-state index in [2.05, 4.69) is 12.2 Å². The summed E-state index contributed by atoms with van der Waals surface area (Å²) in [5, 5.41) is 2.90. The lowest BCUT2D eigenvalue weighted by Crippen LogP contribution is -2.43. The Bertz CT molecular complexity index is 223. The normalized spacial score (nSPS) is 12.3. The monoisotopic (exact) mass is 286 g/mol. The Morgan fingerprint density at radius 2 is 1.60 bits per heavy atom. The summed E-state index contributed by atoms with van der Waals surface area (Å²) in [4.78, 5) is 11.7. The van der Waals surface area contributed by atoms with Crippen LogP contribution in [0.25, 0.3) is 0 Å². The van der Waals surface area contributed by atoms with Crippen molar-refractivity contribution in [3.05, 3.63) is 0 Å². The fourth-order valence-corrected chi connectivity index (χ4v) is 2.27. The first kappa shape index (κ1) is 19.4. The summed E-state index contributed by atoms with van der Waals surface area (Å²) < 4.78 is 5.00. The van der Waals surface area contributed by atoms with E-state index in [1.807, 2.05) is 0 Å². The highest BCUT2D eigenvalue weighted by molar-refractivity contribution is 5.76. The maximum absolute atomic E-state index is 11.7. The molecule has 0 aromatic heterocycles. The smallest absolute Gasteiger partial charge is 0.220 e. The van der Waals surface area contributed by atoms with E-state index < -0.39 is 0 Å². The van der Waals surface area contributed by atoms with Crippen LogP contribution in [-0.4, -0.2) is 32.2 Å². The molecule has 0 spiro atoms. The summed E-state index contributed by atoms with van der Waals surface area (Å²) in [6, 6.07) is -0.0499. The molecule has 4 heteroatoms. The Kier molecular flexibility index (Phi) is 14.3. The first-order valence-corrected chi connectivity index (χ1v) is 8.23. The molecule has 20 heavy (non-hydrogen) atoms. The van der Waals surface area contributed by atoms with Gasteiger partial charge >= 0.3 is 0 Å². The maximum atomic E-state index is 11.7. The van der Waals surface area contributed by atoms with E-state index in [4.69, 9.17) is 10.5 Å². The zero-order chi connectivity index (χ0) is 15.1. The third-order valence-electron chi connectivity index (χ3n) is 3.52. The van der Waals surface area contributed by atoms with Crippen LogP contribution < -0.4 is 11.1 Å². The number of carbonyl (C=O) groups excluding carboxylic acids is 1. The standard InChI is InChI=1S/C16H34N2O2/c1-3-4-5-6-7-8-9-10-11-12-16(19)18-15(13-17)14-20-2/h15H,3-14,17H2,1-2H3,(H,18,19). The number of nitrogens with two attached hydrogens (primary N) is 1. The van der Waals surface area contributed by atoms with Crippen LogP contribution in [0, 0.1) is 0 Å². The molecule has 0 saturated heterocycles. The SMILES string of the molecule is CCCCCCCCCCCC(=O)NC(CN)COC. The molecule has 1 atom stereocenters. The lowest BCUT2D eigenvalue weighted by Gasteiger charge is -2.15. The second kappa shape index (κ2) is 14.8. The number of carbonyl (C=O) groups is 1. The molecule has 0 radical (unpaired) electrons. The van der Waals surface area contributed by atoms with Gasteiger partial charge in [-0.15, -0.1) is 0 Å². The van der Waals surface area contributed by atoms with Crippen LogP contribution in [0.4, 0.5) is 0 Å². The predicted molar refractivity (Wildman–Crippen MR) is 84.7 cm³/mol. The minimum atomic E-state index is -0.0499. The molecule has 0 bridgehead atoms. The highest BCUT2D eigenvalue weighted by Crippen LogP contribution is 2.10. The lowest BCUT2D eigenvalue weighted by molar-refractivity contribution is -0.122. The first-order valence-electron chi connectivity index (χ1n) is 8.23. The molecule has 0 rings (SSSR count). The highest BCUT2D eigenvalue weighted by atomic mass is 16.5. The minimum Gasteiger partial charge on any atom is -0.383 e. The van der Waals surface area contributed by atoms with Gasteiger partial charge in [-0.05, 0) is 6.42 Å². The van der Waals surface area contributed by atoms with Gasteiger partial charge < -0.3 is 15.8 Å². The quantitative estimate of drug-likeness (QED) is 0.482. The van der Waals surface area contributed by atoms with E-state index in [-0.39, 0.29) is 11.9 Å². The highest BCUT2D eigenvalue weighted by Gasteiger charge is 2.09. The average Bonchev–Trinajstić information content (AvgIpc) is 2.45. The maximum Gasteiger partial charge on any atom is 0.220 e. The molecule has 0 aliphatic heterocycles. The van der Waals surface area contributed by atoms with E-state index in [1.54, 1.807) is 7.11 Å². The third-order valence-corrected chi connectivity index (χ3v) is 3.52. The predicted octanol–water partition coefficient (Wildman–Crippen LogP) is 3.00. The van der Waals surface area contributed by atoms with Crippen molar-refractivity contribution in [1.29, 1.82) is 0 Å². The summed E-state index contributed by atoms with van der Waals surface area (Å²) in [5.74, 6) is 0.0976. The summed E-state index contributed by atoms with van der Waals surface area (Å²) in [6.45, 7) is 3.16. The van der Waals surface area contributed by atoms with Crippen LogP contribution in [0.5, 0.6) is 0 Å². The second-order valence-corrected chi connectivity index (χ2v) is 5.53. The number of hydrogen-bond acceptors (Lipinski definition) is 3. The van der Waals surface area contributed by atoms with Crippen LogP contribution in [0.3, 0.4) is 0 Å². The van der Waals surface area contributed by atoms with Crippen molar-refractivity contribution < 1.29 is 9.53 Å². The number of hydrogen-bond donors (Lipinski definition) is 2. The Balaban J connectivity index is 3.34. The van der Waals surface area contributed by atoms with Gasteiger partial charge in [-0.3, -0.25) is 4.79 Å². The van der Waals surface area contributed by atoms with Crippen molar-refractivity contribution in [2.24, 2.45) is 5.73 Å². The van der Waals surface area contributed by atoms with Crippen LogP contribution in [0.1, 0.15) is 71.1 Å². The number of methoxy groups -OCH3 is 1. The summed E-state index contributed by atoms with van der Waals surface area (Å²) >= 11 is 0. The van der Waals surface area contributed by atoms with Crippen molar-refractivity contribution in [2.45, 2.75) is 77.2 Å².